The predicted octanol–water partition coefficient (Wildman–Crippen LogP) is 0.110. The second-order valence-electron chi connectivity index (χ2n) is 6.41. The minimum Gasteiger partial charge on any atom is -0.213 e. The summed E-state index contributed by atoms with van der Waals surface area (Å²) in [6.45, 7) is 0.468. The summed E-state index contributed by atoms with van der Waals surface area (Å²) in [5, 5.41) is 25.8. The molecule has 0 aromatic heterocycles. The number of unbranched alkanes of at least 4 members (excludes halogenated alkanes) is 3. The van der Waals surface area contributed by atoms with Crippen molar-refractivity contribution in [2.45, 2.75) is 61.7 Å². The van der Waals surface area contributed by atoms with Crippen molar-refractivity contribution in [2.75, 3.05) is 19.6 Å². The van der Waals surface area contributed by atoms with Gasteiger partial charge in [-0.25, -0.2) is 39.4 Å². The molecule has 0 saturated heterocycles. The Labute approximate surface area is 184 Å². The van der Waals surface area contributed by atoms with E-state index in [0.29, 0.717) is 0 Å². The van der Waals surface area contributed by atoms with Crippen LogP contribution in [0.2, 0.25) is 0 Å². The summed E-state index contributed by atoms with van der Waals surface area (Å²) in [4.78, 5) is 0. The molecule has 0 spiro atoms. The van der Waals surface area contributed by atoms with Gasteiger partial charge in [0.05, 0.1) is 18.2 Å². The minimum absolute atomic E-state index is 0.0123. The van der Waals surface area contributed by atoms with Gasteiger partial charge in [0.2, 0.25) is 30.1 Å². The number of nitriles is 3. The van der Waals surface area contributed by atoms with Crippen LogP contribution in [0, 0.1) is 34.0 Å². The van der Waals surface area contributed by atoms with Crippen LogP contribution in [0.15, 0.2) is 0 Å². The van der Waals surface area contributed by atoms with Gasteiger partial charge in [0.25, 0.3) is 0 Å². The van der Waals surface area contributed by atoms with Crippen molar-refractivity contribution in [3.8, 4) is 18.2 Å². The zero-order valence-corrected chi connectivity index (χ0v) is 19.7. The quantitative estimate of drug-likeness (QED) is 0.233. The minimum atomic E-state index is -5.02. The summed E-state index contributed by atoms with van der Waals surface area (Å²) in [5.74, 6) is 0. The highest BCUT2D eigenvalue weighted by atomic mass is 32.3. The molecule has 0 amide bonds. The largest absolute Gasteiger partial charge is 0.313 e. The smallest absolute Gasteiger partial charge is 0.213 e. The highest BCUT2D eigenvalue weighted by Crippen LogP contribution is 2.34. The molecule has 0 rings (SSSR count). The fraction of sp³-hybridized carbons (Fsp3) is 0.812. The summed E-state index contributed by atoms with van der Waals surface area (Å²) < 4.78 is 81.6. The lowest BCUT2D eigenvalue weighted by molar-refractivity contribution is 0.518. The monoisotopic (exact) mass is 496 g/mol. The standard InChI is InChI=1S/C16H28N6O6S3/c1-2-9-16(29(23,24)20-13-6-3-10-17,30(25,26)21-14-7-4-11-18)31(27,28)22-15-8-5-12-19/h20-22H,2-9,13-15H2,1H3. The van der Waals surface area contributed by atoms with Crippen LogP contribution in [-0.4, -0.2) is 48.3 Å². The van der Waals surface area contributed by atoms with E-state index in [1.165, 1.54) is 6.92 Å². The molecule has 0 aliphatic carbocycles. The fourth-order valence-electron chi connectivity index (χ4n) is 2.59. The van der Waals surface area contributed by atoms with Gasteiger partial charge in [-0.3, -0.25) is 0 Å². The number of sulfonamides is 3. The van der Waals surface area contributed by atoms with E-state index >= 15 is 0 Å². The zero-order valence-electron chi connectivity index (χ0n) is 17.3. The lowest BCUT2D eigenvalue weighted by Gasteiger charge is -2.32. The predicted molar refractivity (Wildman–Crippen MR) is 113 cm³/mol. The van der Waals surface area contributed by atoms with Gasteiger partial charge in [-0.1, -0.05) is 13.3 Å². The Morgan fingerprint density at radius 3 is 1.16 bits per heavy atom. The molecule has 0 radical (unpaired) electrons. The molecule has 0 aliphatic heterocycles. The summed E-state index contributed by atoms with van der Waals surface area (Å²) in [7, 11) is -15.1. The molecule has 0 aromatic rings. The van der Waals surface area contributed by atoms with Crippen molar-refractivity contribution < 1.29 is 25.3 Å². The molecule has 0 saturated carbocycles. The van der Waals surface area contributed by atoms with Crippen LogP contribution in [0.3, 0.4) is 0 Å². The van der Waals surface area contributed by atoms with Gasteiger partial charge in [-0.2, -0.15) is 15.8 Å². The van der Waals surface area contributed by atoms with Crippen LogP contribution in [0.25, 0.3) is 0 Å². The van der Waals surface area contributed by atoms with Gasteiger partial charge in [0.15, 0.2) is 0 Å². The number of nitrogens with zero attached hydrogens (tertiary/aromatic N) is 3. The maximum atomic E-state index is 13.1. The molecule has 0 atom stereocenters. The maximum Gasteiger partial charge on any atom is 0.313 e. The van der Waals surface area contributed by atoms with E-state index in [2.05, 4.69) is 0 Å². The van der Waals surface area contributed by atoms with Gasteiger partial charge in [-0.05, 0) is 25.7 Å². The van der Waals surface area contributed by atoms with E-state index in [9.17, 15) is 25.3 Å². The molecule has 176 valence electrons. The molecule has 0 aliphatic rings. The summed E-state index contributed by atoms with van der Waals surface area (Å²) in [6, 6.07) is 5.43. The second kappa shape index (κ2) is 13.6. The molecular weight excluding hydrogens is 468 g/mol. The molecule has 3 N–H and O–H groups in total. The number of rotatable bonds is 17. The highest BCUT2D eigenvalue weighted by molar-refractivity contribution is 8.24. The number of hydrogen-bond acceptors (Lipinski definition) is 9. The first kappa shape index (κ1) is 29.2. The molecule has 0 fully saturated rings. The lowest BCUT2D eigenvalue weighted by Crippen LogP contribution is -2.63. The zero-order chi connectivity index (χ0) is 24.0. The molecule has 12 nitrogen and oxygen atoms in total. The van der Waals surface area contributed by atoms with Crippen molar-refractivity contribution in [1.82, 2.24) is 14.2 Å². The molecule has 31 heavy (non-hydrogen) atoms. The molecule has 15 heteroatoms. The van der Waals surface area contributed by atoms with E-state index in [1.54, 1.807) is 0 Å². The average molecular weight is 497 g/mol. The third-order valence-corrected chi connectivity index (χ3v) is 12.8. The van der Waals surface area contributed by atoms with Crippen molar-refractivity contribution >= 4 is 30.1 Å². The Morgan fingerprint density at radius 2 is 0.935 bits per heavy atom. The first-order chi connectivity index (χ1) is 14.5. The van der Waals surface area contributed by atoms with Crippen LogP contribution in [-0.2, 0) is 30.1 Å². The van der Waals surface area contributed by atoms with E-state index in [1.807, 2.05) is 32.4 Å². The Balaban J connectivity index is 6.36. The van der Waals surface area contributed by atoms with E-state index < -0.39 is 39.9 Å². The van der Waals surface area contributed by atoms with E-state index in [-0.39, 0.29) is 64.6 Å². The summed E-state index contributed by atoms with van der Waals surface area (Å²) >= 11 is 0. The number of nitrogens with one attached hydrogen (secondary N) is 3. The van der Waals surface area contributed by atoms with Gasteiger partial charge in [-0.15, -0.1) is 0 Å². The first-order valence-corrected chi connectivity index (χ1v) is 14.0. The van der Waals surface area contributed by atoms with E-state index in [4.69, 9.17) is 15.8 Å². The van der Waals surface area contributed by atoms with Crippen LogP contribution in [0.1, 0.15) is 58.3 Å². The van der Waals surface area contributed by atoms with Crippen LogP contribution < -0.4 is 14.2 Å². The molecule has 0 bridgehead atoms. The van der Waals surface area contributed by atoms with Gasteiger partial charge < -0.3 is 0 Å². The van der Waals surface area contributed by atoms with Crippen LogP contribution in [0.5, 0.6) is 0 Å². The first-order valence-electron chi connectivity index (χ1n) is 9.58. The molecule has 0 heterocycles. The molecule has 0 aromatic carbocycles. The topological polar surface area (TPSA) is 210 Å². The third-order valence-electron chi connectivity index (χ3n) is 4.06. The van der Waals surface area contributed by atoms with Crippen molar-refractivity contribution in [3.05, 3.63) is 0 Å². The third kappa shape index (κ3) is 7.68. The van der Waals surface area contributed by atoms with Gasteiger partial charge >= 0.3 is 3.41 Å². The second-order valence-corrected chi connectivity index (χ2v) is 13.2. The van der Waals surface area contributed by atoms with Crippen molar-refractivity contribution in [3.63, 3.8) is 0 Å². The van der Waals surface area contributed by atoms with E-state index in [0.717, 1.165) is 0 Å². The normalized spacial score (nSPS) is 12.6. The maximum absolute atomic E-state index is 13.1. The summed E-state index contributed by atoms with van der Waals surface area (Å²) in [6.07, 6.45) is -0.723. The van der Waals surface area contributed by atoms with Gasteiger partial charge in [0, 0.05) is 38.9 Å². The van der Waals surface area contributed by atoms with Crippen molar-refractivity contribution in [1.29, 1.82) is 15.8 Å². The highest BCUT2D eigenvalue weighted by Gasteiger charge is 2.64. The Hall–Kier alpha value is -1.80. The molecular formula is C16H28N6O6S3. The Morgan fingerprint density at radius 1 is 0.645 bits per heavy atom. The van der Waals surface area contributed by atoms with Gasteiger partial charge in [0.1, 0.15) is 0 Å². The van der Waals surface area contributed by atoms with Crippen LogP contribution in [0.4, 0.5) is 0 Å². The summed E-state index contributed by atoms with van der Waals surface area (Å²) in [5.41, 5.74) is 0. The Bertz CT molecular complexity index is 877. The van der Waals surface area contributed by atoms with Crippen LogP contribution >= 0.6 is 0 Å². The SMILES string of the molecule is CCCC(S(=O)(=O)NCCCC#N)(S(=O)(=O)NCCCC#N)S(=O)(=O)NCCCC#N. The van der Waals surface area contributed by atoms with Crippen molar-refractivity contribution in [2.24, 2.45) is 0 Å². The Kier molecular flexibility index (Phi) is 12.8. The molecule has 0 unspecified atom stereocenters. The average Bonchev–Trinajstić information content (AvgIpc) is 2.69. The fourth-order valence-corrected chi connectivity index (χ4v) is 10.4. The lowest BCUT2D eigenvalue weighted by atomic mass is 10.3. The number of hydrogen-bond donors (Lipinski definition) is 3.